The molecule has 0 saturated carbocycles. The van der Waals surface area contributed by atoms with E-state index < -0.39 is 57.3 Å². The predicted molar refractivity (Wildman–Crippen MR) is 155 cm³/mol. The highest BCUT2D eigenvalue weighted by molar-refractivity contribution is 6.22. The van der Waals surface area contributed by atoms with Gasteiger partial charge < -0.3 is 14.4 Å². The van der Waals surface area contributed by atoms with Crippen molar-refractivity contribution in [1.82, 2.24) is 15.1 Å². The number of aromatic nitrogens is 2. The van der Waals surface area contributed by atoms with Crippen molar-refractivity contribution in [2.75, 3.05) is 26.3 Å². The van der Waals surface area contributed by atoms with Crippen molar-refractivity contribution in [1.29, 1.82) is 0 Å². The number of carbonyl (C=O) groups excluding carboxylic acids is 1. The number of amides is 1. The van der Waals surface area contributed by atoms with Gasteiger partial charge in [0, 0.05) is 23.9 Å². The lowest BCUT2D eigenvalue weighted by atomic mass is 9.73. The van der Waals surface area contributed by atoms with Crippen LogP contribution in [0.3, 0.4) is 0 Å². The van der Waals surface area contributed by atoms with E-state index in [0.29, 0.717) is 25.9 Å². The van der Waals surface area contributed by atoms with Gasteiger partial charge in [0.05, 0.1) is 24.4 Å². The molecular weight excluding hydrogens is 654 g/mol. The van der Waals surface area contributed by atoms with Crippen molar-refractivity contribution in [2.45, 2.75) is 74.2 Å². The number of hydrogen-bond donors (Lipinski definition) is 1. The minimum absolute atomic E-state index is 0.0113. The Morgan fingerprint density at radius 2 is 1.60 bits per heavy atom. The summed E-state index contributed by atoms with van der Waals surface area (Å²) in [7, 11) is 0. The fraction of sp³-hybridized carbons (Fsp3) is 0.533. The van der Waals surface area contributed by atoms with E-state index in [1.165, 1.54) is 12.1 Å². The Morgan fingerprint density at radius 1 is 1.00 bits per heavy atom. The van der Waals surface area contributed by atoms with Crippen molar-refractivity contribution in [2.24, 2.45) is 0 Å². The third-order valence-corrected chi connectivity index (χ3v) is 8.60. The number of rotatable bonds is 8. The average Bonchev–Trinajstić information content (AvgIpc) is 3.37. The molecule has 2 aromatic carbocycles. The number of piperidine rings is 1. The molecule has 1 saturated heterocycles. The summed E-state index contributed by atoms with van der Waals surface area (Å²) in [6.07, 6.45) is -9.33. The van der Waals surface area contributed by atoms with Crippen molar-refractivity contribution >= 4 is 40.2 Å². The quantitative estimate of drug-likeness (QED) is 0.146. The minimum Gasteiger partial charge on any atom is -0.444 e. The van der Waals surface area contributed by atoms with E-state index in [4.69, 9.17) is 32.7 Å². The maximum atomic E-state index is 13.7. The van der Waals surface area contributed by atoms with Crippen LogP contribution in [0.1, 0.15) is 66.8 Å². The van der Waals surface area contributed by atoms with Crippen LogP contribution >= 0.6 is 23.2 Å². The van der Waals surface area contributed by atoms with Crippen LogP contribution in [0, 0.1) is 5.82 Å². The zero-order valence-corrected chi connectivity index (χ0v) is 26.1. The Morgan fingerprint density at radius 3 is 2.16 bits per heavy atom. The molecule has 1 aliphatic rings. The minimum atomic E-state index is -4.89. The second kappa shape index (κ2) is 13.2. The molecule has 1 amide bonds. The summed E-state index contributed by atoms with van der Waals surface area (Å²) in [5.74, 6) is -0.426. The smallest absolute Gasteiger partial charge is 0.410 e. The molecule has 15 heteroatoms. The highest BCUT2D eigenvalue weighted by atomic mass is 35.5. The zero-order chi connectivity index (χ0) is 33.4. The van der Waals surface area contributed by atoms with Gasteiger partial charge in [-0.15, -0.1) is 23.2 Å². The fourth-order valence-corrected chi connectivity index (χ4v) is 5.62. The Labute approximate surface area is 265 Å². The second-order valence-corrected chi connectivity index (χ2v) is 13.0. The normalized spacial score (nSPS) is 17.4. The fourth-order valence-electron chi connectivity index (χ4n) is 5.33. The molecule has 1 aromatic heterocycles. The number of halogens is 9. The molecule has 2 unspecified atom stereocenters. The van der Waals surface area contributed by atoms with Gasteiger partial charge in [0.15, 0.2) is 10.8 Å². The highest BCUT2D eigenvalue weighted by Gasteiger charge is 2.43. The maximum Gasteiger partial charge on any atom is 0.410 e. The number of alkyl halides is 8. The lowest BCUT2D eigenvalue weighted by Crippen LogP contribution is -2.48. The molecule has 0 radical (unpaired) electrons. The zero-order valence-electron chi connectivity index (χ0n) is 24.6. The van der Waals surface area contributed by atoms with Crippen molar-refractivity contribution in [3.63, 3.8) is 0 Å². The Bertz CT molecular complexity index is 1480. The van der Waals surface area contributed by atoms with Gasteiger partial charge in [-0.2, -0.15) is 31.4 Å². The monoisotopic (exact) mass is 685 g/mol. The molecule has 0 aliphatic carbocycles. The molecule has 45 heavy (non-hydrogen) atoms. The summed E-state index contributed by atoms with van der Waals surface area (Å²) in [5.41, 5.74) is -1.38. The van der Waals surface area contributed by atoms with Gasteiger partial charge in [0.25, 0.3) is 0 Å². The molecule has 2 heterocycles. The topological polar surface area (TPSA) is 67.4 Å². The lowest BCUT2D eigenvalue weighted by molar-refractivity contribution is -0.133. The highest BCUT2D eigenvalue weighted by Crippen LogP contribution is 2.44. The molecule has 1 aliphatic heterocycles. The first-order chi connectivity index (χ1) is 20.8. The molecular formula is C30H32Cl2F7N3O3. The number of carbonyl (C=O) groups is 1. The van der Waals surface area contributed by atoms with E-state index in [9.17, 15) is 35.5 Å². The first kappa shape index (κ1) is 35.1. The van der Waals surface area contributed by atoms with E-state index in [1.807, 2.05) is 0 Å². The summed E-state index contributed by atoms with van der Waals surface area (Å²) in [6.45, 7) is 6.04. The van der Waals surface area contributed by atoms with Crippen LogP contribution in [0.25, 0.3) is 10.9 Å². The van der Waals surface area contributed by atoms with Crippen molar-refractivity contribution < 1.29 is 45.0 Å². The standard InChI is InChI=1S/C30H32Cl2F7N3O3/c1-27(2,3)45-26(43)42-11-9-28(10-12-42,19-4-6-20(33)7-5-19)16-44-13-8-17-14-18(24(31)29(34,35)36)15-21-22(17)40-41-23(21)25(32)30(37,38)39/h4-7,14-15,24-25H,8-13,16H2,1-3H3,(H,40,41). The molecule has 3 aromatic rings. The van der Waals surface area contributed by atoms with Gasteiger partial charge in [0.2, 0.25) is 0 Å². The van der Waals surface area contributed by atoms with Crippen LogP contribution in [-0.2, 0) is 21.3 Å². The number of ether oxygens (including phenoxy) is 2. The number of H-pyrrole nitrogens is 1. The third kappa shape index (κ3) is 8.34. The number of aromatic amines is 1. The molecule has 0 spiro atoms. The van der Waals surface area contributed by atoms with Crippen LogP contribution in [0.5, 0.6) is 0 Å². The molecule has 0 bridgehead atoms. The van der Waals surface area contributed by atoms with E-state index in [0.717, 1.165) is 17.7 Å². The first-order valence-electron chi connectivity index (χ1n) is 14.0. The number of hydrogen-bond acceptors (Lipinski definition) is 4. The largest absolute Gasteiger partial charge is 0.444 e. The number of nitrogens with one attached hydrogen (secondary N) is 1. The summed E-state index contributed by atoms with van der Waals surface area (Å²) in [5, 5.41) is 0.903. The Balaban J connectivity index is 1.56. The SMILES string of the molecule is CC(C)(C)OC(=O)N1CCC(COCCc2cc(C(Cl)C(F)(F)F)cc3c(C(Cl)C(F)(F)F)[nH]nc23)(c2ccc(F)cc2)CC1. The lowest BCUT2D eigenvalue weighted by Gasteiger charge is -2.42. The van der Waals surface area contributed by atoms with E-state index in [2.05, 4.69) is 10.2 Å². The number of likely N-dealkylation sites (tertiary alicyclic amines) is 1. The van der Waals surface area contributed by atoms with E-state index >= 15 is 0 Å². The van der Waals surface area contributed by atoms with Crippen LogP contribution in [0.15, 0.2) is 36.4 Å². The molecule has 6 nitrogen and oxygen atoms in total. The second-order valence-electron chi connectivity index (χ2n) is 12.1. The summed E-state index contributed by atoms with van der Waals surface area (Å²) in [6, 6.07) is 7.98. The summed E-state index contributed by atoms with van der Waals surface area (Å²) < 4.78 is 106. The van der Waals surface area contributed by atoms with Crippen LogP contribution in [0.2, 0.25) is 0 Å². The number of nitrogens with zero attached hydrogens (tertiary/aromatic N) is 2. The van der Waals surface area contributed by atoms with Crippen molar-refractivity contribution in [3.05, 3.63) is 64.6 Å². The number of fused-ring (bicyclic) bond motifs is 1. The first-order valence-corrected chi connectivity index (χ1v) is 14.9. The molecule has 2 atom stereocenters. The van der Waals surface area contributed by atoms with Crippen LogP contribution < -0.4 is 0 Å². The van der Waals surface area contributed by atoms with Gasteiger partial charge >= 0.3 is 18.4 Å². The summed E-state index contributed by atoms with van der Waals surface area (Å²) >= 11 is 11.3. The van der Waals surface area contributed by atoms with Crippen molar-refractivity contribution in [3.8, 4) is 0 Å². The molecule has 248 valence electrons. The van der Waals surface area contributed by atoms with E-state index in [-0.39, 0.29) is 36.1 Å². The summed E-state index contributed by atoms with van der Waals surface area (Å²) in [4.78, 5) is 14.2. The molecule has 1 fully saturated rings. The molecule has 1 N–H and O–H groups in total. The van der Waals surface area contributed by atoms with Gasteiger partial charge in [-0.25, -0.2) is 9.18 Å². The Hall–Kier alpha value is -2.77. The van der Waals surface area contributed by atoms with Crippen LogP contribution in [-0.4, -0.2) is 65.4 Å². The Kier molecular flexibility index (Phi) is 10.3. The molecule has 4 rings (SSSR count). The van der Waals surface area contributed by atoms with Crippen LogP contribution in [0.4, 0.5) is 35.5 Å². The predicted octanol–water partition coefficient (Wildman–Crippen LogP) is 8.91. The van der Waals surface area contributed by atoms with Gasteiger partial charge in [-0.1, -0.05) is 18.2 Å². The average molecular weight is 686 g/mol. The van der Waals surface area contributed by atoms with Gasteiger partial charge in [-0.3, -0.25) is 5.10 Å². The van der Waals surface area contributed by atoms with Gasteiger partial charge in [0.1, 0.15) is 11.4 Å². The number of benzene rings is 2. The van der Waals surface area contributed by atoms with Gasteiger partial charge in [-0.05, 0) is 74.9 Å². The maximum absolute atomic E-state index is 13.7. The third-order valence-electron chi connectivity index (χ3n) is 7.63. The van der Waals surface area contributed by atoms with E-state index in [1.54, 1.807) is 37.8 Å².